The van der Waals surface area contributed by atoms with Crippen LogP contribution in [0.3, 0.4) is 0 Å². The lowest BCUT2D eigenvalue weighted by Gasteiger charge is -2.08. The van der Waals surface area contributed by atoms with E-state index >= 15 is 0 Å². The van der Waals surface area contributed by atoms with Gasteiger partial charge in [-0.3, -0.25) is 4.79 Å². The molecule has 1 aromatic rings. The van der Waals surface area contributed by atoms with Gasteiger partial charge in [0.2, 0.25) is 0 Å². The Kier molecular flexibility index (Phi) is 2.07. The van der Waals surface area contributed by atoms with E-state index in [4.69, 9.17) is 5.73 Å². The summed E-state index contributed by atoms with van der Waals surface area (Å²) in [6.45, 7) is 0. The van der Waals surface area contributed by atoms with Crippen LogP contribution in [0.1, 0.15) is 16.2 Å². The van der Waals surface area contributed by atoms with Crippen molar-refractivity contribution in [1.29, 1.82) is 0 Å². The maximum Gasteiger partial charge on any atom is 0.431 e. The number of rotatable bonds is 1. The van der Waals surface area contributed by atoms with Crippen LogP contribution >= 0.6 is 0 Å². The monoisotopic (exact) mass is 192 g/mol. The van der Waals surface area contributed by atoms with Crippen LogP contribution in [0.25, 0.3) is 0 Å². The van der Waals surface area contributed by atoms with Crippen molar-refractivity contribution < 1.29 is 18.0 Å². The molecule has 0 aromatic carbocycles. The molecule has 0 atom stereocenters. The van der Waals surface area contributed by atoms with Gasteiger partial charge in [0.1, 0.15) is 11.4 Å². The van der Waals surface area contributed by atoms with E-state index in [0.717, 1.165) is 23.7 Å². The smallest absolute Gasteiger partial charge is 0.364 e. The van der Waals surface area contributed by atoms with E-state index in [9.17, 15) is 18.0 Å². The summed E-state index contributed by atoms with van der Waals surface area (Å²) in [5.74, 6) is -0.877. The standard InChI is InChI=1S/C7H7F3N2O/c1-12-4(6(11)13)2-3-5(12)7(8,9)10/h2-3H,1H3,(H2,11,13). The van der Waals surface area contributed by atoms with E-state index in [2.05, 4.69) is 0 Å². The van der Waals surface area contributed by atoms with Crippen LogP contribution in [0.2, 0.25) is 0 Å². The molecule has 0 radical (unpaired) electrons. The largest absolute Gasteiger partial charge is 0.431 e. The highest BCUT2D eigenvalue weighted by Gasteiger charge is 2.34. The third-order valence-corrected chi connectivity index (χ3v) is 1.66. The maximum atomic E-state index is 12.2. The Morgan fingerprint density at radius 3 is 2.23 bits per heavy atom. The van der Waals surface area contributed by atoms with Gasteiger partial charge in [-0.2, -0.15) is 13.2 Å². The van der Waals surface area contributed by atoms with Crippen molar-refractivity contribution in [2.24, 2.45) is 12.8 Å². The Bertz CT molecular complexity index is 340. The average molecular weight is 192 g/mol. The summed E-state index contributed by atoms with van der Waals surface area (Å²) in [5, 5.41) is 0. The van der Waals surface area contributed by atoms with Crippen molar-refractivity contribution in [3.8, 4) is 0 Å². The minimum atomic E-state index is -4.46. The van der Waals surface area contributed by atoms with Gasteiger partial charge in [-0.15, -0.1) is 0 Å². The summed E-state index contributed by atoms with van der Waals surface area (Å²) >= 11 is 0. The minimum absolute atomic E-state index is 0.160. The van der Waals surface area contributed by atoms with E-state index < -0.39 is 17.8 Å². The third kappa shape index (κ3) is 1.66. The zero-order chi connectivity index (χ0) is 10.2. The highest BCUT2D eigenvalue weighted by atomic mass is 19.4. The van der Waals surface area contributed by atoms with Crippen LogP contribution in [0.15, 0.2) is 12.1 Å². The van der Waals surface area contributed by atoms with Gasteiger partial charge in [-0.05, 0) is 12.1 Å². The number of nitrogens with zero attached hydrogens (tertiary/aromatic N) is 1. The molecule has 1 aromatic heterocycles. The van der Waals surface area contributed by atoms with Gasteiger partial charge >= 0.3 is 6.18 Å². The SMILES string of the molecule is Cn1c(C(N)=O)ccc1C(F)(F)F. The molecule has 0 spiro atoms. The highest BCUT2D eigenvalue weighted by molar-refractivity contribution is 5.91. The number of hydrogen-bond donors (Lipinski definition) is 1. The number of hydrogen-bond acceptors (Lipinski definition) is 1. The fourth-order valence-electron chi connectivity index (χ4n) is 1.04. The molecular weight excluding hydrogens is 185 g/mol. The fraction of sp³-hybridized carbons (Fsp3) is 0.286. The van der Waals surface area contributed by atoms with Gasteiger partial charge in [0, 0.05) is 7.05 Å². The third-order valence-electron chi connectivity index (χ3n) is 1.66. The van der Waals surface area contributed by atoms with Crippen LogP contribution in [0.5, 0.6) is 0 Å². The molecule has 0 fully saturated rings. The first-order valence-corrected chi connectivity index (χ1v) is 3.36. The van der Waals surface area contributed by atoms with Gasteiger partial charge in [-0.25, -0.2) is 0 Å². The fourth-order valence-corrected chi connectivity index (χ4v) is 1.04. The van der Waals surface area contributed by atoms with Gasteiger partial charge in [0.05, 0.1) is 0 Å². The lowest BCUT2D eigenvalue weighted by molar-refractivity contribution is -0.143. The summed E-state index contributed by atoms with van der Waals surface area (Å²) in [6, 6.07) is 1.87. The number of primary amides is 1. The number of aromatic nitrogens is 1. The summed E-state index contributed by atoms with van der Waals surface area (Å²) in [7, 11) is 1.14. The molecule has 13 heavy (non-hydrogen) atoms. The number of alkyl halides is 3. The first kappa shape index (κ1) is 9.63. The predicted octanol–water partition coefficient (Wildman–Crippen LogP) is 1.14. The second-order valence-corrected chi connectivity index (χ2v) is 2.52. The highest BCUT2D eigenvalue weighted by Crippen LogP contribution is 2.29. The van der Waals surface area contributed by atoms with Crippen molar-refractivity contribution in [3.63, 3.8) is 0 Å². The average Bonchev–Trinajstić information content (AvgIpc) is 2.28. The molecule has 3 nitrogen and oxygen atoms in total. The molecule has 2 N–H and O–H groups in total. The first-order chi connectivity index (χ1) is 5.84. The summed E-state index contributed by atoms with van der Waals surface area (Å²) in [5.41, 5.74) is 3.80. The Labute approximate surface area is 71.9 Å². The van der Waals surface area contributed by atoms with Crippen LogP contribution in [-0.4, -0.2) is 10.5 Å². The summed E-state index contributed by atoms with van der Waals surface area (Å²) in [6.07, 6.45) is -4.46. The molecule has 1 rings (SSSR count). The number of amides is 1. The molecule has 6 heteroatoms. The second kappa shape index (κ2) is 2.79. The van der Waals surface area contributed by atoms with E-state index in [-0.39, 0.29) is 5.69 Å². The van der Waals surface area contributed by atoms with Crippen LogP contribution in [-0.2, 0) is 13.2 Å². The number of carbonyl (C=O) groups excluding carboxylic acids is 1. The van der Waals surface area contributed by atoms with Crippen molar-refractivity contribution >= 4 is 5.91 Å². The van der Waals surface area contributed by atoms with Gasteiger partial charge in [-0.1, -0.05) is 0 Å². The minimum Gasteiger partial charge on any atom is -0.364 e. The van der Waals surface area contributed by atoms with Crippen molar-refractivity contribution in [1.82, 2.24) is 4.57 Å². The van der Waals surface area contributed by atoms with Crippen LogP contribution in [0.4, 0.5) is 13.2 Å². The molecular formula is C7H7F3N2O. The first-order valence-electron chi connectivity index (χ1n) is 3.36. The van der Waals surface area contributed by atoms with E-state index in [1.54, 1.807) is 0 Å². The zero-order valence-electron chi connectivity index (χ0n) is 6.72. The quantitative estimate of drug-likeness (QED) is 0.712. The summed E-state index contributed by atoms with van der Waals surface area (Å²) in [4.78, 5) is 10.6. The molecule has 1 heterocycles. The topological polar surface area (TPSA) is 48.0 Å². The number of nitrogens with two attached hydrogens (primary N) is 1. The molecule has 0 saturated heterocycles. The van der Waals surface area contributed by atoms with Crippen molar-refractivity contribution in [3.05, 3.63) is 23.5 Å². The molecule has 0 unspecified atom stereocenters. The van der Waals surface area contributed by atoms with Gasteiger partial charge in [0.15, 0.2) is 0 Å². The van der Waals surface area contributed by atoms with E-state index in [0.29, 0.717) is 0 Å². The molecule has 0 saturated carbocycles. The lowest BCUT2D eigenvalue weighted by Crippen LogP contribution is -2.18. The number of halogens is 3. The predicted molar refractivity (Wildman–Crippen MR) is 38.9 cm³/mol. The van der Waals surface area contributed by atoms with Gasteiger partial charge < -0.3 is 10.3 Å². The van der Waals surface area contributed by atoms with Gasteiger partial charge in [0.25, 0.3) is 5.91 Å². The molecule has 0 bridgehead atoms. The molecule has 72 valence electrons. The van der Waals surface area contributed by atoms with E-state index in [1.165, 1.54) is 0 Å². The Hall–Kier alpha value is -1.46. The van der Waals surface area contributed by atoms with E-state index in [1.807, 2.05) is 0 Å². The second-order valence-electron chi connectivity index (χ2n) is 2.52. The molecule has 0 aliphatic heterocycles. The van der Waals surface area contributed by atoms with Crippen LogP contribution in [0, 0.1) is 0 Å². The maximum absolute atomic E-state index is 12.2. The normalized spacial score (nSPS) is 11.7. The van der Waals surface area contributed by atoms with Crippen LogP contribution < -0.4 is 5.73 Å². The van der Waals surface area contributed by atoms with Crippen molar-refractivity contribution in [2.75, 3.05) is 0 Å². The van der Waals surface area contributed by atoms with Crippen molar-refractivity contribution in [2.45, 2.75) is 6.18 Å². The Balaban J connectivity index is 3.22. The number of carbonyl (C=O) groups is 1. The lowest BCUT2D eigenvalue weighted by atomic mass is 10.4. The zero-order valence-corrected chi connectivity index (χ0v) is 6.72. The summed E-state index contributed by atoms with van der Waals surface area (Å²) < 4.78 is 37.2. The molecule has 0 aliphatic rings. The Morgan fingerprint density at radius 1 is 1.46 bits per heavy atom. The Morgan fingerprint density at radius 2 is 2.00 bits per heavy atom. The molecule has 1 amide bonds. The molecule has 0 aliphatic carbocycles.